The molecular formula is C2H8N2O. The van der Waals surface area contributed by atoms with E-state index >= 15 is 0 Å². The van der Waals surface area contributed by atoms with Crippen LogP contribution in [0.2, 0.25) is 0 Å². The summed E-state index contributed by atoms with van der Waals surface area (Å²) < 4.78 is -0.750. The molecule has 0 aliphatic rings. The molecule has 0 aromatic carbocycles. The molecule has 0 spiro atoms. The van der Waals surface area contributed by atoms with Gasteiger partial charge in [0.15, 0.2) is 0 Å². The van der Waals surface area contributed by atoms with Crippen molar-refractivity contribution in [3.63, 3.8) is 0 Å². The van der Waals surface area contributed by atoms with Crippen LogP contribution in [-0.4, -0.2) is 18.9 Å². The lowest BCUT2D eigenvalue weighted by molar-refractivity contribution is -0.852. The molecule has 0 atom stereocenters. The lowest BCUT2D eigenvalue weighted by atomic mass is 11.1. The quantitative estimate of drug-likeness (QED) is 0.239. The van der Waals surface area contributed by atoms with Crippen molar-refractivity contribution in [1.29, 1.82) is 0 Å². The fourth-order valence-electron chi connectivity index (χ4n) is 0. The summed E-state index contributed by atoms with van der Waals surface area (Å²) in [6.45, 7) is 0. The summed E-state index contributed by atoms with van der Waals surface area (Å²) in [5.74, 6) is 4.74. The number of hydrogen-bond acceptors (Lipinski definition) is 2. The number of hydroxylamine groups is 2. The van der Waals surface area contributed by atoms with E-state index in [-0.39, 0.29) is 0 Å². The molecular weight excluding hydrogens is 68.0 g/mol. The molecule has 3 heteroatoms. The van der Waals surface area contributed by atoms with Gasteiger partial charge in [-0.15, -0.1) is 0 Å². The van der Waals surface area contributed by atoms with Gasteiger partial charge in [0.1, 0.15) is 0 Å². The van der Waals surface area contributed by atoms with E-state index in [9.17, 15) is 5.21 Å². The van der Waals surface area contributed by atoms with Crippen molar-refractivity contribution < 1.29 is 4.76 Å². The fourth-order valence-corrected chi connectivity index (χ4v) is 0. The van der Waals surface area contributed by atoms with Crippen LogP contribution in [0, 0.1) is 5.21 Å². The average molecular weight is 76.1 g/mol. The molecule has 0 unspecified atom stereocenters. The van der Waals surface area contributed by atoms with Crippen LogP contribution in [0.5, 0.6) is 0 Å². The summed E-state index contributed by atoms with van der Waals surface area (Å²) in [7, 11) is 2.69. The highest BCUT2D eigenvalue weighted by Crippen LogP contribution is 1.69. The summed E-state index contributed by atoms with van der Waals surface area (Å²) in [5, 5.41) is 9.82. The first-order valence-corrected chi connectivity index (χ1v) is 1.34. The highest BCUT2D eigenvalue weighted by molar-refractivity contribution is 4.01. The van der Waals surface area contributed by atoms with Gasteiger partial charge >= 0.3 is 0 Å². The predicted octanol–water partition coefficient (Wildman–Crippen LogP) is -0.566. The first kappa shape index (κ1) is 4.88. The first-order valence-electron chi connectivity index (χ1n) is 1.34. The third-order valence-corrected chi connectivity index (χ3v) is 0. The molecule has 0 bridgehead atoms. The molecule has 5 heavy (non-hydrogen) atoms. The molecule has 0 aliphatic carbocycles. The van der Waals surface area contributed by atoms with Gasteiger partial charge in [0.25, 0.3) is 0 Å². The van der Waals surface area contributed by atoms with Crippen molar-refractivity contribution in [1.82, 2.24) is 0 Å². The number of hydrogen-bond donors (Lipinski definition) is 1. The lowest BCUT2D eigenvalue weighted by Gasteiger charge is -2.24. The number of rotatable bonds is 0. The second-order valence-corrected chi connectivity index (χ2v) is 1.43. The maximum Gasteiger partial charge on any atom is 0.0851 e. The van der Waals surface area contributed by atoms with Gasteiger partial charge in [0, 0.05) is 0 Å². The van der Waals surface area contributed by atoms with Gasteiger partial charge in [-0.05, 0) is 0 Å². The van der Waals surface area contributed by atoms with Crippen LogP contribution in [0.4, 0.5) is 0 Å². The Hall–Kier alpha value is -0.120. The number of quaternary nitrogens is 1. The van der Waals surface area contributed by atoms with Crippen molar-refractivity contribution >= 4 is 0 Å². The Morgan fingerprint density at radius 1 is 1.60 bits per heavy atom. The van der Waals surface area contributed by atoms with E-state index in [0.717, 1.165) is 0 Å². The van der Waals surface area contributed by atoms with E-state index in [1.807, 2.05) is 0 Å². The van der Waals surface area contributed by atoms with Gasteiger partial charge in [0.05, 0.1) is 14.1 Å². The standard InChI is InChI=1S/C2H8N2O/c1-4(2,3)5/h3H2,1-2H3. The molecule has 0 amide bonds. The van der Waals surface area contributed by atoms with Crippen molar-refractivity contribution in [3.05, 3.63) is 5.21 Å². The Balaban J connectivity index is 3.02. The van der Waals surface area contributed by atoms with Crippen LogP contribution in [0.15, 0.2) is 0 Å². The molecule has 0 aromatic heterocycles. The van der Waals surface area contributed by atoms with E-state index in [2.05, 4.69) is 0 Å². The highest BCUT2D eigenvalue weighted by Gasteiger charge is 1.80. The summed E-state index contributed by atoms with van der Waals surface area (Å²) in [5.41, 5.74) is 0. The van der Waals surface area contributed by atoms with Crippen LogP contribution in [0.3, 0.4) is 0 Å². The van der Waals surface area contributed by atoms with Gasteiger partial charge in [-0.25, -0.2) is 0 Å². The van der Waals surface area contributed by atoms with Crippen LogP contribution in [0.1, 0.15) is 0 Å². The second kappa shape index (κ2) is 0.931. The molecule has 0 radical (unpaired) electrons. The zero-order valence-electron chi connectivity index (χ0n) is 3.43. The van der Waals surface area contributed by atoms with E-state index < -0.39 is 4.76 Å². The van der Waals surface area contributed by atoms with E-state index in [1.165, 1.54) is 14.1 Å². The van der Waals surface area contributed by atoms with Gasteiger partial charge in [-0.2, -0.15) is 5.84 Å². The number of nitrogens with zero attached hydrogens (tertiary/aromatic N) is 1. The minimum atomic E-state index is -0.750. The maximum atomic E-state index is 9.82. The van der Waals surface area contributed by atoms with Crippen molar-refractivity contribution in [2.75, 3.05) is 14.1 Å². The normalized spacial score (nSPS) is 12.0. The van der Waals surface area contributed by atoms with Gasteiger partial charge < -0.3 is 5.21 Å². The highest BCUT2D eigenvalue weighted by atomic mass is 16.6. The molecule has 32 valence electrons. The van der Waals surface area contributed by atoms with Crippen LogP contribution in [-0.2, 0) is 0 Å². The molecule has 0 rings (SSSR count). The van der Waals surface area contributed by atoms with Crippen LogP contribution < -0.4 is 5.84 Å². The molecule has 0 fully saturated rings. The largest absolute Gasteiger partial charge is 0.612 e. The molecule has 0 heterocycles. The van der Waals surface area contributed by atoms with Gasteiger partial charge in [0.2, 0.25) is 0 Å². The molecule has 0 saturated carbocycles. The minimum Gasteiger partial charge on any atom is -0.612 e. The van der Waals surface area contributed by atoms with E-state index in [4.69, 9.17) is 5.84 Å². The molecule has 3 nitrogen and oxygen atoms in total. The topological polar surface area (TPSA) is 49.1 Å². The second-order valence-electron chi connectivity index (χ2n) is 1.43. The van der Waals surface area contributed by atoms with Crippen molar-refractivity contribution in [2.24, 2.45) is 5.84 Å². The number of nitrogens with two attached hydrogens (primary N) is 1. The van der Waals surface area contributed by atoms with Gasteiger partial charge in [-0.1, -0.05) is 0 Å². The van der Waals surface area contributed by atoms with E-state index in [0.29, 0.717) is 0 Å². The Morgan fingerprint density at radius 2 is 1.60 bits per heavy atom. The summed E-state index contributed by atoms with van der Waals surface area (Å²) in [6.07, 6.45) is 0. The fraction of sp³-hybridized carbons (Fsp3) is 1.00. The van der Waals surface area contributed by atoms with Crippen molar-refractivity contribution in [3.8, 4) is 0 Å². The Bertz CT molecular complexity index is 23.1. The SMILES string of the molecule is C[N+](C)(N)[O-]. The van der Waals surface area contributed by atoms with Crippen LogP contribution >= 0.6 is 0 Å². The van der Waals surface area contributed by atoms with Crippen LogP contribution in [0.25, 0.3) is 0 Å². The van der Waals surface area contributed by atoms with Crippen molar-refractivity contribution in [2.45, 2.75) is 0 Å². The molecule has 2 N–H and O–H groups in total. The third-order valence-electron chi connectivity index (χ3n) is 0. The first-order chi connectivity index (χ1) is 2.00. The summed E-state index contributed by atoms with van der Waals surface area (Å²) in [4.78, 5) is 0. The third kappa shape index (κ3) is 952. The zero-order chi connectivity index (χ0) is 4.50. The summed E-state index contributed by atoms with van der Waals surface area (Å²) in [6, 6.07) is 0. The Kier molecular flexibility index (Phi) is 0.908. The maximum absolute atomic E-state index is 9.82. The Morgan fingerprint density at radius 3 is 1.60 bits per heavy atom. The molecule has 0 aliphatic heterocycles. The monoisotopic (exact) mass is 76.1 g/mol. The molecule has 0 aromatic rings. The summed E-state index contributed by atoms with van der Waals surface area (Å²) >= 11 is 0. The lowest BCUT2D eigenvalue weighted by Crippen LogP contribution is -2.39. The minimum absolute atomic E-state index is 0.750. The van der Waals surface area contributed by atoms with Gasteiger partial charge in [-0.3, -0.25) is 4.76 Å². The average Bonchev–Trinajstić information content (AvgIpc) is 0.722. The molecule has 0 saturated heterocycles. The smallest absolute Gasteiger partial charge is 0.0851 e. The van der Waals surface area contributed by atoms with E-state index in [1.54, 1.807) is 0 Å². The zero-order valence-corrected chi connectivity index (χ0v) is 3.43. The Labute approximate surface area is 31.1 Å². The predicted molar refractivity (Wildman–Crippen MR) is 19.7 cm³/mol.